The van der Waals surface area contributed by atoms with Crippen molar-refractivity contribution in [1.82, 2.24) is 0 Å². The van der Waals surface area contributed by atoms with Crippen LogP contribution in [0.25, 0.3) is 0 Å². The van der Waals surface area contributed by atoms with Crippen LogP contribution in [0.15, 0.2) is 17.0 Å². The summed E-state index contributed by atoms with van der Waals surface area (Å²) in [6.07, 6.45) is 0. The highest BCUT2D eigenvalue weighted by atomic mass is 35.5. The number of hydrogen-bond donors (Lipinski definition) is 0. The van der Waals surface area contributed by atoms with Crippen LogP contribution in [-0.4, -0.2) is 13.2 Å². The third-order valence-electron chi connectivity index (χ3n) is 1.75. The zero-order valence-electron chi connectivity index (χ0n) is 10.0. The quantitative estimate of drug-likeness (QED) is 0.753. The normalized spacial score (nSPS) is 12.8. The van der Waals surface area contributed by atoms with E-state index in [4.69, 9.17) is 23.2 Å². The molecule has 17 heavy (non-hydrogen) atoms. The van der Waals surface area contributed by atoms with Gasteiger partial charge < -0.3 is 0 Å². The van der Waals surface area contributed by atoms with Crippen molar-refractivity contribution < 1.29 is 8.42 Å². The van der Waals surface area contributed by atoms with Crippen LogP contribution in [0.5, 0.6) is 0 Å². The number of hydrogen-bond acceptors (Lipinski definition) is 3. The summed E-state index contributed by atoms with van der Waals surface area (Å²) < 4.78 is 24.0. The fourth-order valence-corrected chi connectivity index (χ4v) is 6.88. The van der Waals surface area contributed by atoms with Crippen molar-refractivity contribution in [1.29, 1.82) is 0 Å². The first-order valence-electron chi connectivity index (χ1n) is 4.94. The number of benzene rings is 1. The molecule has 0 aromatic heterocycles. The zero-order valence-corrected chi connectivity index (χ0v) is 13.2. The van der Waals surface area contributed by atoms with Gasteiger partial charge in [-0.2, -0.15) is 0 Å². The Hall–Kier alpha value is 0.1000. The van der Waals surface area contributed by atoms with E-state index in [1.807, 2.05) is 27.7 Å². The lowest BCUT2D eigenvalue weighted by Gasteiger charge is -2.18. The van der Waals surface area contributed by atoms with E-state index in [2.05, 4.69) is 0 Å². The standard InChI is InChI=1S/C11H14Cl2O2S2/c1-7-5-8(12)10(9(13)6-7)17(14,15)16-11(2,3)4/h5-6H,1-4H3. The largest absolute Gasteiger partial charge is 0.233 e. The van der Waals surface area contributed by atoms with Gasteiger partial charge in [-0.15, -0.1) is 0 Å². The van der Waals surface area contributed by atoms with Gasteiger partial charge in [0.05, 0.1) is 10.0 Å². The van der Waals surface area contributed by atoms with Crippen molar-refractivity contribution in [3.05, 3.63) is 27.7 Å². The minimum atomic E-state index is -3.54. The first-order chi connectivity index (χ1) is 7.53. The van der Waals surface area contributed by atoms with Crippen molar-refractivity contribution in [3.63, 3.8) is 0 Å². The third-order valence-corrected chi connectivity index (χ3v) is 6.89. The van der Waals surface area contributed by atoms with E-state index >= 15 is 0 Å². The molecule has 2 nitrogen and oxygen atoms in total. The van der Waals surface area contributed by atoms with Crippen LogP contribution in [-0.2, 0) is 8.87 Å². The first kappa shape index (κ1) is 15.2. The van der Waals surface area contributed by atoms with Crippen LogP contribution in [0.1, 0.15) is 26.3 Å². The predicted molar refractivity (Wildman–Crippen MR) is 75.7 cm³/mol. The van der Waals surface area contributed by atoms with Crippen LogP contribution in [0.3, 0.4) is 0 Å². The maximum Gasteiger partial charge on any atom is 0.233 e. The summed E-state index contributed by atoms with van der Waals surface area (Å²) >= 11 is 11.9. The van der Waals surface area contributed by atoms with Gasteiger partial charge in [0.15, 0.2) is 0 Å². The summed E-state index contributed by atoms with van der Waals surface area (Å²) in [5.74, 6) is 0. The molecule has 0 aliphatic rings. The molecule has 0 N–H and O–H groups in total. The van der Waals surface area contributed by atoms with Gasteiger partial charge >= 0.3 is 0 Å². The molecule has 0 saturated carbocycles. The van der Waals surface area contributed by atoms with Crippen LogP contribution < -0.4 is 0 Å². The summed E-state index contributed by atoms with van der Waals surface area (Å²) in [4.78, 5) is 0.00589. The van der Waals surface area contributed by atoms with Gasteiger partial charge in [-0.05, 0) is 56.2 Å². The Morgan fingerprint density at radius 1 is 1.12 bits per heavy atom. The van der Waals surface area contributed by atoms with Crippen molar-refractivity contribution in [2.75, 3.05) is 0 Å². The summed E-state index contributed by atoms with van der Waals surface area (Å²) in [6.45, 7) is 7.28. The van der Waals surface area contributed by atoms with E-state index in [0.29, 0.717) is 0 Å². The summed E-state index contributed by atoms with van der Waals surface area (Å²) in [5, 5.41) is 0.346. The number of aryl methyl sites for hydroxylation is 1. The molecule has 1 rings (SSSR count). The molecule has 0 bridgehead atoms. The third kappa shape index (κ3) is 4.05. The van der Waals surface area contributed by atoms with Gasteiger partial charge in [0.1, 0.15) is 4.90 Å². The topological polar surface area (TPSA) is 34.1 Å². The molecule has 1 aromatic rings. The first-order valence-corrected chi connectivity index (χ1v) is 8.51. The summed E-state index contributed by atoms with van der Waals surface area (Å²) in [6, 6.07) is 3.20. The molecule has 0 aliphatic carbocycles. The SMILES string of the molecule is Cc1cc(Cl)c(S(=O)(=O)SC(C)(C)C)c(Cl)c1. The van der Waals surface area contributed by atoms with E-state index in [0.717, 1.165) is 16.4 Å². The molecule has 0 radical (unpaired) electrons. The number of halogens is 2. The molecule has 0 spiro atoms. The van der Waals surface area contributed by atoms with Crippen molar-refractivity contribution in [3.8, 4) is 0 Å². The maximum absolute atomic E-state index is 12.2. The minimum absolute atomic E-state index is 0.00589. The smallest absolute Gasteiger partial charge is 0.212 e. The van der Waals surface area contributed by atoms with E-state index in [-0.39, 0.29) is 14.9 Å². The Bertz CT molecular complexity index is 508. The van der Waals surface area contributed by atoms with Crippen LogP contribution in [0.4, 0.5) is 0 Å². The molecular weight excluding hydrogens is 299 g/mol. The average molecular weight is 313 g/mol. The Kier molecular flexibility index (Phi) is 4.46. The Morgan fingerprint density at radius 2 is 1.53 bits per heavy atom. The van der Waals surface area contributed by atoms with E-state index in [9.17, 15) is 8.42 Å². The minimum Gasteiger partial charge on any atom is -0.212 e. The van der Waals surface area contributed by atoms with E-state index < -0.39 is 13.6 Å². The summed E-state index contributed by atoms with van der Waals surface area (Å²) in [7, 11) is -2.69. The average Bonchev–Trinajstić information content (AvgIpc) is 1.93. The Morgan fingerprint density at radius 3 is 1.88 bits per heavy atom. The van der Waals surface area contributed by atoms with Crippen LogP contribution in [0, 0.1) is 6.92 Å². The number of rotatable bonds is 2. The monoisotopic (exact) mass is 312 g/mol. The second kappa shape index (κ2) is 5.00. The molecule has 0 saturated heterocycles. The highest BCUT2D eigenvalue weighted by molar-refractivity contribution is 8.72. The Balaban J connectivity index is 3.35. The highest BCUT2D eigenvalue weighted by Gasteiger charge is 2.28. The molecule has 1 aromatic carbocycles. The second-order valence-corrected chi connectivity index (χ2v) is 10.0. The lowest BCUT2D eigenvalue weighted by atomic mass is 10.2. The second-order valence-electron chi connectivity index (χ2n) is 4.71. The van der Waals surface area contributed by atoms with Gasteiger partial charge in [-0.3, -0.25) is 0 Å². The Labute approximate surface area is 116 Å². The molecule has 0 atom stereocenters. The molecular formula is C11H14Cl2O2S2. The van der Waals surface area contributed by atoms with Crippen LogP contribution in [0.2, 0.25) is 10.0 Å². The van der Waals surface area contributed by atoms with Gasteiger partial charge in [-0.1, -0.05) is 23.2 Å². The van der Waals surface area contributed by atoms with E-state index in [1.54, 1.807) is 12.1 Å². The van der Waals surface area contributed by atoms with Gasteiger partial charge in [0, 0.05) is 4.75 Å². The fraction of sp³-hybridized carbons (Fsp3) is 0.455. The molecule has 6 heteroatoms. The fourth-order valence-electron chi connectivity index (χ4n) is 1.30. The lowest BCUT2D eigenvalue weighted by molar-refractivity contribution is 0.609. The van der Waals surface area contributed by atoms with Gasteiger partial charge in [-0.25, -0.2) is 8.42 Å². The molecule has 0 heterocycles. The summed E-state index contributed by atoms with van der Waals surface area (Å²) in [5.41, 5.74) is 0.833. The van der Waals surface area contributed by atoms with Gasteiger partial charge in [0.25, 0.3) is 0 Å². The maximum atomic E-state index is 12.2. The molecule has 0 fully saturated rings. The molecule has 0 aliphatic heterocycles. The molecule has 0 unspecified atom stereocenters. The van der Waals surface area contributed by atoms with Crippen molar-refractivity contribution >= 4 is 42.9 Å². The van der Waals surface area contributed by atoms with Crippen LogP contribution >= 0.6 is 34.0 Å². The van der Waals surface area contributed by atoms with Crippen molar-refractivity contribution in [2.24, 2.45) is 0 Å². The molecule has 0 amide bonds. The van der Waals surface area contributed by atoms with Crippen molar-refractivity contribution in [2.45, 2.75) is 37.3 Å². The zero-order chi connectivity index (χ0) is 13.4. The highest BCUT2D eigenvalue weighted by Crippen LogP contribution is 2.40. The molecule has 96 valence electrons. The van der Waals surface area contributed by atoms with E-state index in [1.165, 1.54) is 0 Å². The lowest BCUT2D eigenvalue weighted by Crippen LogP contribution is -2.13. The van der Waals surface area contributed by atoms with Gasteiger partial charge in [0.2, 0.25) is 8.87 Å². The predicted octanol–water partition coefficient (Wildman–Crippen LogP) is 4.52.